The van der Waals surface area contributed by atoms with Crippen molar-refractivity contribution in [3.8, 4) is 5.75 Å². The van der Waals surface area contributed by atoms with Crippen LogP contribution in [0.15, 0.2) is 24.3 Å². The Bertz CT molecular complexity index is 526. The molecule has 2 rings (SSSR count). The van der Waals surface area contributed by atoms with E-state index in [0.717, 1.165) is 32.4 Å². The maximum absolute atomic E-state index is 12.6. The average Bonchev–Trinajstić information content (AvgIpc) is 2.54. The fraction of sp³-hybridized carbons (Fsp3) is 0.588. The number of halogens is 3. The van der Waals surface area contributed by atoms with Crippen LogP contribution < -0.4 is 10.1 Å². The van der Waals surface area contributed by atoms with E-state index >= 15 is 0 Å². The lowest BCUT2D eigenvalue weighted by atomic mass is 10.0. The number of ether oxygens (including phenoxy) is 1. The van der Waals surface area contributed by atoms with E-state index in [2.05, 4.69) is 10.1 Å². The summed E-state index contributed by atoms with van der Waals surface area (Å²) in [6, 6.07) is 5.73. The molecule has 0 aromatic heterocycles. The summed E-state index contributed by atoms with van der Waals surface area (Å²) in [5.41, 5.74) is 0.685. The monoisotopic (exact) mass is 344 g/mol. The lowest BCUT2D eigenvalue weighted by molar-refractivity contribution is -0.274. The second-order valence-electron chi connectivity index (χ2n) is 5.94. The molecule has 7 heteroatoms. The number of carbonyl (C=O) groups excluding carboxylic acids is 1. The Morgan fingerprint density at radius 3 is 2.42 bits per heavy atom. The van der Waals surface area contributed by atoms with Crippen molar-refractivity contribution < 1.29 is 22.7 Å². The standard InChI is InChI=1S/C17H23F3N2O2/c1-2-11-22(14-7-9-21-10-8-14)16(23)12-13-3-5-15(6-4-13)24-17(18,19)20/h3-6,14,21H,2,7-12H2,1H3. The van der Waals surface area contributed by atoms with Crippen LogP contribution in [0.5, 0.6) is 5.75 Å². The summed E-state index contributed by atoms with van der Waals surface area (Å²) in [7, 11) is 0. The van der Waals surface area contributed by atoms with Crippen LogP contribution in [0.25, 0.3) is 0 Å². The van der Waals surface area contributed by atoms with E-state index in [4.69, 9.17) is 0 Å². The number of alkyl halides is 3. The molecular weight excluding hydrogens is 321 g/mol. The van der Waals surface area contributed by atoms with E-state index in [-0.39, 0.29) is 24.1 Å². The van der Waals surface area contributed by atoms with Crippen LogP contribution >= 0.6 is 0 Å². The summed E-state index contributed by atoms with van der Waals surface area (Å²) in [6.45, 7) is 4.55. The van der Waals surface area contributed by atoms with Crippen molar-refractivity contribution in [1.82, 2.24) is 10.2 Å². The van der Waals surface area contributed by atoms with Gasteiger partial charge in [0.1, 0.15) is 5.75 Å². The van der Waals surface area contributed by atoms with Crippen LogP contribution in [0.1, 0.15) is 31.7 Å². The normalized spacial score (nSPS) is 16.0. The van der Waals surface area contributed by atoms with Gasteiger partial charge in [-0.15, -0.1) is 13.2 Å². The molecule has 4 nitrogen and oxygen atoms in total. The first-order chi connectivity index (χ1) is 11.4. The number of rotatable bonds is 6. The third-order valence-electron chi connectivity index (χ3n) is 4.05. The SMILES string of the molecule is CCCN(C(=O)Cc1ccc(OC(F)(F)F)cc1)C1CCNCC1. The van der Waals surface area contributed by atoms with E-state index in [1.165, 1.54) is 24.3 Å². The highest BCUT2D eigenvalue weighted by Gasteiger charge is 2.31. The minimum Gasteiger partial charge on any atom is -0.406 e. The lowest BCUT2D eigenvalue weighted by Gasteiger charge is -2.34. The minimum atomic E-state index is -4.70. The predicted molar refractivity (Wildman–Crippen MR) is 84.7 cm³/mol. The first-order valence-corrected chi connectivity index (χ1v) is 8.24. The van der Waals surface area contributed by atoms with E-state index < -0.39 is 6.36 Å². The van der Waals surface area contributed by atoms with Gasteiger partial charge in [0.2, 0.25) is 5.91 Å². The summed E-state index contributed by atoms with van der Waals surface area (Å²) in [6.07, 6.45) is -1.76. The molecule has 0 atom stereocenters. The molecule has 1 amide bonds. The predicted octanol–water partition coefficient (Wildman–Crippen LogP) is 3.12. The van der Waals surface area contributed by atoms with Crippen LogP contribution in [0.4, 0.5) is 13.2 Å². The van der Waals surface area contributed by atoms with Gasteiger partial charge in [-0.05, 0) is 50.0 Å². The molecule has 0 aliphatic carbocycles. The van der Waals surface area contributed by atoms with Crippen LogP contribution in [0.2, 0.25) is 0 Å². The summed E-state index contributed by atoms with van der Waals surface area (Å²) >= 11 is 0. The summed E-state index contributed by atoms with van der Waals surface area (Å²) in [5, 5.41) is 3.28. The Hall–Kier alpha value is -1.76. The molecule has 0 spiro atoms. The molecule has 0 saturated carbocycles. The van der Waals surface area contributed by atoms with E-state index in [1.54, 1.807) is 0 Å². The van der Waals surface area contributed by atoms with Crippen LogP contribution in [0.3, 0.4) is 0 Å². The fourth-order valence-corrected chi connectivity index (χ4v) is 2.96. The number of carbonyl (C=O) groups is 1. The van der Waals surface area contributed by atoms with Crippen LogP contribution in [-0.2, 0) is 11.2 Å². The highest BCUT2D eigenvalue weighted by Crippen LogP contribution is 2.23. The van der Waals surface area contributed by atoms with Crippen molar-refractivity contribution in [2.45, 2.75) is 45.0 Å². The number of benzene rings is 1. The summed E-state index contributed by atoms with van der Waals surface area (Å²) in [4.78, 5) is 14.5. The van der Waals surface area contributed by atoms with Crippen molar-refractivity contribution in [3.63, 3.8) is 0 Å². The van der Waals surface area contributed by atoms with Gasteiger partial charge in [-0.25, -0.2) is 0 Å². The maximum atomic E-state index is 12.6. The van der Waals surface area contributed by atoms with Gasteiger partial charge in [0.25, 0.3) is 0 Å². The molecule has 0 bridgehead atoms. The molecule has 1 fully saturated rings. The number of amides is 1. The highest BCUT2D eigenvalue weighted by atomic mass is 19.4. The van der Waals surface area contributed by atoms with Crippen molar-refractivity contribution in [1.29, 1.82) is 0 Å². The molecule has 24 heavy (non-hydrogen) atoms. The molecule has 134 valence electrons. The first-order valence-electron chi connectivity index (χ1n) is 8.24. The molecule has 1 saturated heterocycles. The Balaban J connectivity index is 1.98. The van der Waals surface area contributed by atoms with Gasteiger partial charge in [-0.2, -0.15) is 0 Å². The number of nitrogens with one attached hydrogen (secondary N) is 1. The van der Waals surface area contributed by atoms with Crippen molar-refractivity contribution in [2.24, 2.45) is 0 Å². The Morgan fingerprint density at radius 2 is 1.88 bits per heavy atom. The van der Waals surface area contributed by atoms with Crippen molar-refractivity contribution in [2.75, 3.05) is 19.6 Å². The first kappa shape index (κ1) is 18.6. The second-order valence-corrected chi connectivity index (χ2v) is 5.94. The number of piperidine rings is 1. The van der Waals surface area contributed by atoms with Gasteiger partial charge in [0.05, 0.1) is 6.42 Å². The molecule has 1 aromatic carbocycles. The Labute approximate surface area is 140 Å². The molecule has 1 aliphatic heterocycles. The van der Waals surface area contributed by atoms with Crippen molar-refractivity contribution in [3.05, 3.63) is 29.8 Å². The molecule has 1 aliphatic rings. The van der Waals surface area contributed by atoms with Gasteiger partial charge in [0, 0.05) is 12.6 Å². The van der Waals surface area contributed by atoms with Gasteiger partial charge < -0.3 is 15.0 Å². The van der Waals surface area contributed by atoms with E-state index in [1.807, 2.05) is 11.8 Å². The molecule has 1 heterocycles. The van der Waals surface area contributed by atoms with Gasteiger partial charge in [-0.1, -0.05) is 19.1 Å². The smallest absolute Gasteiger partial charge is 0.406 e. The number of hydrogen-bond acceptors (Lipinski definition) is 3. The van der Waals surface area contributed by atoms with Gasteiger partial charge in [-0.3, -0.25) is 4.79 Å². The van der Waals surface area contributed by atoms with Gasteiger partial charge >= 0.3 is 6.36 Å². The largest absolute Gasteiger partial charge is 0.573 e. The van der Waals surface area contributed by atoms with Crippen LogP contribution in [-0.4, -0.2) is 42.8 Å². The van der Waals surface area contributed by atoms with Crippen LogP contribution in [0, 0.1) is 0 Å². The zero-order valence-corrected chi connectivity index (χ0v) is 13.7. The third-order valence-corrected chi connectivity index (χ3v) is 4.05. The lowest BCUT2D eigenvalue weighted by Crippen LogP contribution is -2.47. The maximum Gasteiger partial charge on any atom is 0.573 e. The summed E-state index contributed by atoms with van der Waals surface area (Å²) < 4.78 is 40.3. The zero-order chi connectivity index (χ0) is 17.6. The van der Waals surface area contributed by atoms with E-state index in [9.17, 15) is 18.0 Å². The third kappa shape index (κ3) is 5.70. The second kappa shape index (κ2) is 8.37. The zero-order valence-electron chi connectivity index (χ0n) is 13.7. The van der Waals surface area contributed by atoms with E-state index in [0.29, 0.717) is 12.1 Å². The Kier molecular flexibility index (Phi) is 6.48. The van der Waals surface area contributed by atoms with Gasteiger partial charge in [0.15, 0.2) is 0 Å². The quantitative estimate of drug-likeness (QED) is 0.862. The fourth-order valence-electron chi connectivity index (χ4n) is 2.96. The topological polar surface area (TPSA) is 41.6 Å². The molecular formula is C17H23F3N2O2. The van der Waals surface area contributed by atoms with Crippen molar-refractivity contribution >= 4 is 5.91 Å². The molecule has 1 aromatic rings. The molecule has 0 unspecified atom stereocenters. The highest BCUT2D eigenvalue weighted by molar-refractivity contribution is 5.79. The molecule has 0 radical (unpaired) electrons. The number of hydrogen-bond donors (Lipinski definition) is 1. The minimum absolute atomic E-state index is 0.0215. The average molecular weight is 344 g/mol. The number of nitrogens with zero attached hydrogens (tertiary/aromatic N) is 1. The molecule has 1 N–H and O–H groups in total. The Morgan fingerprint density at radius 1 is 1.25 bits per heavy atom. The summed E-state index contributed by atoms with van der Waals surface area (Å²) in [5.74, 6) is -0.254.